The van der Waals surface area contributed by atoms with E-state index in [1.54, 1.807) is 12.1 Å². The molecule has 1 fully saturated rings. The smallest absolute Gasteiger partial charge is 0.175 e. The second-order valence-electron chi connectivity index (χ2n) is 5.25. The highest BCUT2D eigenvalue weighted by Crippen LogP contribution is 2.36. The van der Waals surface area contributed by atoms with E-state index in [4.69, 9.17) is 0 Å². The molecule has 1 aromatic carbocycles. The summed E-state index contributed by atoms with van der Waals surface area (Å²) in [4.78, 5) is 0.390. The first kappa shape index (κ1) is 13.4. The maximum atomic E-state index is 11.6. The van der Waals surface area contributed by atoms with Gasteiger partial charge in [-0.2, -0.15) is 0 Å². The minimum Gasteiger partial charge on any atom is -0.382 e. The van der Waals surface area contributed by atoms with E-state index in [1.165, 1.54) is 19.1 Å². The molecule has 0 aliphatic heterocycles. The topological polar surface area (TPSA) is 46.2 Å². The van der Waals surface area contributed by atoms with Crippen molar-refractivity contribution in [3.63, 3.8) is 0 Å². The number of anilines is 1. The molecule has 4 heteroatoms. The summed E-state index contributed by atoms with van der Waals surface area (Å²) < 4.78 is 23.1. The molecule has 1 aliphatic rings. The lowest BCUT2D eigenvalue weighted by Gasteiger charge is -2.19. The fourth-order valence-electron chi connectivity index (χ4n) is 2.24. The van der Waals surface area contributed by atoms with Gasteiger partial charge in [-0.25, -0.2) is 8.42 Å². The summed E-state index contributed by atoms with van der Waals surface area (Å²) in [6.45, 7) is 4.18. The Kier molecular flexibility index (Phi) is 3.66. The highest BCUT2D eigenvalue weighted by atomic mass is 32.2. The van der Waals surface area contributed by atoms with Gasteiger partial charge in [0.2, 0.25) is 0 Å². The van der Waals surface area contributed by atoms with Gasteiger partial charge >= 0.3 is 0 Å². The second kappa shape index (κ2) is 4.92. The molecule has 0 amide bonds. The maximum Gasteiger partial charge on any atom is 0.175 e. The van der Waals surface area contributed by atoms with E-state index in [0.717, 1.165) is 23.6 Å². The lowest BCUT2D eigenvalue weighted by Crippen LogP contribution is -2.21. The monoisotopic (exact) mass is 267 g/mol. The van der Waals surface area contributed by atoms with Crippen molar-refractivity contribution in [1.82, 2.24) is 0 Å². The SMILES string of the molecule is CCC(Nc1cc(S(C)(=O)=O)ccc1C)C1CC1. The lowest BCUT2D eigenvalue weighted by molar-refractivity contribution is 0.601. The highest BCUT2D eigenvalue weighted by molar-refractivity contribution is 7.90. The molecule has 1 saturated carbocycles. The Labute approximate surface area is 110 Å². The fraction of sp³-hybridized carbons (Fsp3) is 0.571. The third-order valence-corrected chi connectivity index (χ3v) is 4.72. The van der Waals surface area contributed by atoms with Crippen molar-refractivity contribution >= 4 is 15.5 Å². The van der Waals surface area contributed by atoms with Crippen LogP contribution in [0.4, 0.5) is 5.69 Å². The summed E-state index contributed by atoms with van der Waals surface area (Å²) in [6, 6.07) is 5.78. The number of hydrogen-bond acceptors (Lipinski definition) is 3. The van der Waals surface area contributed by atoms with Gasteiger partial charge in [-0.15, -0.1) is 0 Å². The Bertz CT molecular complexity index is 533. The van der Waals surface area contributed by atoms with Crippen molar-refractivity contribution < 1.29 is 8.42 Å². The van der Waals surface area contributed by atoms with Crippen molar-refractivity contribution in [2.24, 2.45) is 5.92 Å². The Morgan fingerprint density at radius 3 is 2.56 bits per heavy atom. The number of aryl methyl sites for hydroxylation is 1. The largest absolute Gasteiger partial charge is 0.382 e. The first-order chi connectivity index (χ1) is 8.41. The number of hydrogen-bond donors (Lipinski definition) is 1. The van der Waals surface area contributed by atoms with E-state index >= 15 is 0 Å². The van der Waals surface area contributed by atoms with Crippen molar-refractivity contribution in [3.8, 4) is 0 Å². The quantitative estimate of drug-likeness (QED) is 0.892. The summed E-state index contributed by atoms with van der Waals surface area (Å²) in [5.74, 6) is 0.760. The molecular formula is C14H21NO2S. The normalized spacial score (nSPS) is 17.5. The zero-order valence-corrected chi connectivity index (χ0v) is 12.0. The van der Waals surface area contributed by atoms with Gasteiger partial charge in [0, 0.05) is 18.0 Å². The van der Waals surface area contributed by atoms with Gasteiger partial charge in [-0.1, -0.05) is 13.0 Å². The lowest BCUT2D eigenvalue weighted by atomic mass is 10.1. The second-order valence-corrected chi connectivity index (χ2v) is 7.26. The molecule has 1 N–H and O–H groups in total. The Hall–Kier alpha value is -1.03. The summed E-state index contributed by atoms with van der Waals surface area (Å²) in [5, 5.41) is 3.51. The molecular weight excluding hydrogens is 246 g/mol. The van der Waals surface area contributed by atoms with Crippen LogP contribution in [0.25, 0.3) is 0 Å². The summed E-state index contributed by atoms with van der Waals surface area (Å²) in [7, 11) is -3.13. The van der Waals surface area contributed by atoms with Crippen LogP contribution in [0.15, 0.2) is 23.1 Å². The highest BCUT2D eigenvalue weighted by Gasteiger charge is 2.30. The van der Waals surface area contributed by atoms with Gasteiger partial charge in [-0.3, -0.25) is 0 Å². The summed E-state index contributed by atoms with van der Waals surface area (Å²) in [6.07, 6.45) is 4.90. The molecule has 2 rings (SSSR count). The summed E-state index contributed by atoms with van der Waals surface area (Å²) in [5.41, 5.74) is 2.05. The van der Waals surface area contributed by atoms with Gasteiger partial charge < -0.3 is 5.32 Å². The first-order valence-electron chi connectivity index (χ1n) is 6.49. The van der Waals surface area contributed by atoms with Crippen LogP contribution in [0.3, 0.4) is 0 Å². The molecule has 18 heavy (non-hydrogen) atoms. The predicted octanol–water partition coefficient (Wildman–Crippen LogP) is 3.00. The van der Waals surface area contributed by atoms with Crippen molar-refractivity contribution in [3.05, 3.63) is 23.8 Å². The van der Waals surface area contributed by atoms with Gasteiger partial charge in [0.1, 0.15) is 0 Å². The molecule has 1 aliphatic carbocycles. The van der Waals surface area contributed by atoms with Crippen LogP contribution in [0.5, 0.6) is 0 Å². The van der Waals surface area contributed by atoms with E-state index in [2.05, 4.69) is 12.2 Å². The standard InChI is InChI=1S/C14H21NO2S/c1-4-13(11-6-7-11)15-14-9-12(18(3,16)17)8-5-10(14)2/h5,8-9,11,13,15H,4,6-7H2,1-3H3. The predicted molar refractivity (Wildman–Crippen MR) is 74.7 cm³/mol. The molecule has 0 radical (unpaired) electrons. The number of rotatable bonds is 5. The number of nitrogens with one attached hydrogen (secondary N) is 1. The van der Waals surface area contributed by atoms with Crippen molar-refractivity contribution in [2.75, 3.05) is 11.6 Å². The molecule has 1 atom stereocenters. The van der Waals surface area contributed by atoms with E-state index in [-0.39, 0.29) is 0 Å². The zero-order chi connectivity index (χ0) is 13.3. The number of benzene rings is 1. The van der Waals surface area contributed by atoms with Crippen molar-refractivity contribution in [1.29, 1.82) is 0 Å². The average molecular weight is 267 g/mol. The first-order valence-corrected chi connectivity index (χ1v) is 8.38. The minimum atomic E-state index is -3.13. The van der Waals surface area contributed by atoms with Gasteiger partial charge in [0.25, 0.3) is 0 Å². The Morgan fingerprint density at radius 1 is 1.39 bits per heavy atom. The molecule has 0 saturated heterocycles. The van der Waals surface area contributed by atoms with Crippen LogP contribution < -0.4 is 5.32 Å². The van der Waals surface area contributed by atoms with Gasteiger partial charge in [-0.05, 0) is 49.8 Å². The molecule has 0 aromatic heterocycles. The van der Waals surface area contributed by atoms with Crippen LogP contribution in [0, 0.1) is 12.8 Å². The minimum absolute atomic E-state index is 0.390. The third-order valence-electron chi connectivity index (χ3n) is 3.61. The zero-order valence-electron chi connectivity index (χ0n) is 11.2. The van der Waals surface area contributed by atoms with Crippen LogP contribution in [0.1, 0.15) is 31.7 Å². The maximum absolute atomic E-state index is 11.6. The average Bonchev–Trinajstić information content (AvgIpc) is 3.10. The van der Waals surface area contributed by atoms with Gasteiger partial charge in [0.15, 0.2) is 9.84 Å². The van der Waals surface area contributed by atoms with E-state index in [0.29, 0.717) is 10.9 Å². The molecule has 3 nitrogen and oxygen atoms in total. The van der Waals surface area contributed by atoms with Crippen LogP contribution >= 0.6 is 0 Å². The van der Waals surface area contributed by atoms with E-state index in [9.17, 15) is 8.42 Å². The van der Waals surface area contributed by atoms with E-state index < -0.39 is 9.84 Å². The molecule has 1 aromatic rings. The molecule has 0 spiro atoms. The fourth-order valence-corrected chi connectivity index (χ4v) is 2.89. The molecule has 1 unspecified atom stereocenters. The Balaban J connectivity index is 2.26. The van der Waals surface area contributed by atoms with Crippen molar-refractivity contribution in [2.45, 2.75) is 44.0 Å². The Morgan fingerprint density at radius 2 is 2.06 bits per heavy atom. The van der Waals surface area contributed by atoms with Crippen LogP contribution in [0.2, 0.25) is 0 Å². The third kappa shape index (κ3) is 3.05. The molecule has 100 valence electrons. The van der Waals surface area contributed by atoms with E-state index in [1.807, 2.05) is 13.0 Å². The number of sulfone groups is 1. The molecule has 0 heterocycles. The molecule has 0 bridgehead atoms. The van der Waals surface area contributed by atoms with Crippen LogP contribution in [-0.4, -0.2) is 20.7 Å². The summed E-state index contributed by atoms with van der Waals surface area (Å²) >= 11 is 0. The van der Waals surface area contributed by atoms with Crippen LogP contribution in [-0.2, 0) is 9.84 Å². The van der Waals surface area contributed by atoms with Gasteiger partial charge in [0.05, 0.1) is 4.90 Å².